The highest BCUT2D eigenvalue weighted by Gasteiger charge is 2.48. The van der Waals surface area contributed by atoms with Crippen molar-refractivity contribution in [3.8, 4) is 23.5 Å². The Kier molecular flexibility index (Phi) is 7.19. The zero-order valence-corrected chi connectivity index (χ0v) is 25.5. The number of nitrogens with two attached hydrogens (primary N) is 2. The Bertz CT molecular complexity index is 1660. The highest BCUT2D eigenvalue weighted by molar-refractivity contribution is 7.16. The maximum atomic E-state index is 10.0. The number of rotatable bonds is 6. The molecular formula is C31H37N9O2S. The third-order valence-corrected chi connectivity index (χ3v) is 10.7. The third kappa shape index (κ3) is 4.80. The van der Waals surface area contributed by atoms with Crippen LogP contribution in [-0.2, 0) is 18.3 Å². The van der Waals surface area contributed by atoms with E-state index >= 15 is 0 Å². The summed E-state index contributed by atoms with van der Waals surface area (Å²) in [6.45, 7) is 4.47. The van der Waals surface area contributed by atoms with Crippen molar-refractivity contribution in [3.05, 3.63) is 44.7 Å². The van der Waals surface area contributed by atoms with E-state index in [1.807, 2.05) is 0 Å². The van der Waals surface area contributed by atoms with Crippen molar-refractivity contribution in [2.45, 2.75) is 75.9 Å². The fourth-order valence-corrected chi connectivity index (χ4v) is 8.65. The van der Waals surface area contributed by atoms with Crippen molar-refractivity contribution in [2.24, 2.45) is 10.7 Å². The lowest BCUT2D eigenvalue weighted by molar-refractivity contribution is 0.117. The Hall–Kier alpha value is -3.79. The fraction of sp³-hybridized carbons (Fsp3) is 0.516. The quantitative estimate of drug-likeness (QED) is 0.353. The van der Waals surface area contributed by atoms with E-state index in [0.717, 1.165) is 86.1 Å². The molecule has 0 bridgehead atoms. The van der Waals surface area contributed by atoms with E-state index in [9.17, 15) is 5.26 Å². The summed E-state index contributed by atoms with van der Waals surface area (Å²) in [5, 5.41) is 18.5. The van der Waals surface area contributed by atoms with Gasteiger partial charge in [-0.1, -0.05) is 5.16 Å². The van der Waals surface area contributed by atoms with Gasteiger partial charge in [-0.05, 0) is 77.4 Å². The minimum atomic E-state index is -0.415. The van der Waals surface area contributed by atoms with Crippen LogP contribution in [0.1, 0.15) is 72.8 Å². The van der Waals surface area contributed by atoms with Gasteiger partial charge >= 0.3 is 0 Å². The fourth-order valence-electron chi connectivity index (χ4n) is 7.49. The number of fused-ring (bicyclic) bond motifs is 4. The second-order valence-corrected chi connectivity index (χ2v) is 13.3. The average Bonchev–Trinajstić information content (AvgIpc) is 3.78. The smallest absolute Gasteiger partial charge is 0.219 e. The first-order valence-electron chi connectivity index (χ1n) is 15.2. The molecule has 5 heterocycles. The molecule has 2 aliphatic carbocycles. The molecule has 0 saturated carbocycles. The Balaban J connectivity index is 1.30. The van der Waals surface area contributed by atoms with Gasteiger partial charge in [0.15, 0.2) is 23.1 Å². The van der Waals surface area contributed by atoms with E-state index in [2.05, 4.69) is 40.4 Å². The number of likely N-dealkylation sites (tertiary alicyclic amines) is 1. The maximum absolute atomic E-state index is 10.0. The molecule has 0 amide bonds. The number of anilines is 1. The monoisotopic (exact) mass is 599 g/mol. The third-order valence-electron chi connectivity index (χ3n) is 9.58. The predicted molar refractivity (Wildman–Crippen MR) is 166 cm³/mol. The van der Waals surface area contributed by atoms with Crippen LogP contribution >= 0.6 is 11.3 Å². The number of nitrogens with zero attached hydrogens (tertiary/aromatic N) is 6. The molecule has 3 aromatic rings. The number of hydrogen-bond donors (Lipinski definition) is 3. The highest BCUT2D eigenvalue weighted by Crippen LogP contribution is 2.55. The Morgan fingerprint density at radius 2 is 2.09 bits per heavy atom. The van der Waals surface area contributed by atoms with Crippen LogP contribution < -0.4 is 21.5 Å². The van der Waals surface area contributed by atoms with E-state index in [0.29, 0.717) is 52.9 Å². The highest BCUT2D eigenvalue weighted by atomic mass is 32.1. The van der Waals surface area contributed by atoms with E-state index in [1.54, 1.807) is 12.3 Å². The number of nitrogen functional groups attached to an aromatic ring is 1. The molecule has 224 valence electrons. The number of nitrogens with one attached hydrogen (secondary N) is 1. The summed E-state index contributed by atoms with van der Waals surface area (Å²) < 4.78 is 12.7. The van der Waals surface area contributed by atoms with Gasteiger partial charge < -0.3 is 26.0 Å². The minimum Gasteiger partial charge on any atom is -0.473 e. The van der Waals surface area contributed by atoms with Crippen LogP contribution in [0.5, 0.6) is 5.88 Å². The van der Waals surface area contributed by atoms with Gasteiger partial charge in [0.2, 0.25) is 5.88 Å². The number of aliphatic imine (C=N–C) groups is 1. The predicted octanol–water partition coefficient (Wildman–Crippen LogP) is 3.99. The molecule has 1 saturated heterocycles. The van der Waals surface area contributed by atoms with Gasteiger partial charge in [0.25, 0.3) is 0 Å². The van der Waals surface area contributed by atoms with Crippen LogP contribution in [0.4, 0.5) is 10.8 Å². The molecule has 3 aromatic heterocycles. The van der Waals surface area contributed by atoms with Crippen LogP contribution in [0.15, 0.2) is 26.9 Å². The van der Waals surface area contributed by atoms with Gasteiger partial charge in [0.05, 0.1) is 11.0 Å². The van der Waals surface area contributed by atoms with E-state index in [-0.39, 0.29) is 6.10 Å². The lowest BCUT2D eigenvalue weighted by atomic mass is 9.63. The largest absolute Gasteiger partial charge is 0.473 e. The molecular weight excluding hydrogens is 562 g/mol. The molecule has 1 fully saturated rings. The molecule has 0 unspecified atom stereocenters. The molecule has 43 heavy (non-hydrogen) atoms. The molecule has 7 rings (SSSR count). The number of ether oxygens (including phenoxy) is 1. The standard InChI is InChI=1S/C31H37N9O2S/c1-17(22-7-5-11-40(22)2)41-25-12-24(36-15-18-14-35-16-21(18)33)37-30(38-25)27-19-6-3-9-31(28(19)42-39-27)10-4-8-23-26(31)20(13-32)29(34)43-23/h12,15,17,22,35H,3-11,14,16,33-34H2,1-2H3/t17-,22-,31-/m0/s1. The summed E-state index contributed by atoms with van der Waals surface area (Å²) in [4.78, 5) is 17.9. The van der Waals surface area contributed by atoms with Crippen molar-refractivity contribution in [2.75, 3.05) is 32.4 Å². The lowest BCUT2D eigenvalue weighted by Crippen LogP contribution is -2.38. The molecule has 11 nitrogen and oxygen atoms in total. The number of nitriles is 1. The van der Waals surface area contributed by atoms with Gasteiger partial charge in [0.1, 0.15) is 17.2 Å². The summed E-state index contributed by atoms with van der Waals surface area (Å²) in [6, 6.07) is 4.48. The van der Waals surface area contributed by atoms with Crippen molar-refractivity contribution >= 4 is 28.4 Å². The summed E-state index contributed by atoms with van der Waals surface area (Å²) in [5.41, 5.74) is 17.0. The molecule has 4 aliphatic rings. The van der Waals surface area contributed by atoms with Crippen molar-refractivity contribution in [1.29, 1.82) is 5.26 Å². The van der Waals surface area contributed by atoms with Gasteiger partial charge in [-0.3, -0.25) is 4.90 Å². The van der Waals surface area contributed by atoms with Gasteiger partial charge in [-0.15, -0.1) is 11.3 Å². The zero-order chi connectivity index (χ0) is 29.7. The molecule has 1 spiro atoms. The Labute approximate surface area is 255 Å². The molecule has 12 heteroatoms. The number of aromatic nitrogens is 3. The summed E-state index contributed by atoms with van der Waals surface area (Å²) in [7, 11) is 2.14. The molecule has 0 aromatic carbocycles. The SMILES string of the molecule is C[C@H](Oc1cc(N=CC2=C(N)CNC2)nc(-c2noc3c2CCC[C@@]32CCCc3sc(N)c(C#N)c32)n1)[C@@H]1CCCN1C. The van der Waals surface area contributed by atoms with E-state index < -0.39 is 5.41 Å². The first kappa shape index (κ1) is 28.0. The molecule has 3 atom stereocenters. The topological polar surface area (TPSA) is 164 Å². The first-order valence-corrected chi connectivity index (χ1v) is 16.0. The first-order chi connectivity index (χ1) is 20.9. The normalized spacial score (nSPS) is 24.4. The Morgan fingerprint density at radius 3 is 2.84 bits per heavy atom. The number of hydrogen-bond acceptors (Lipinski definition) is 12. The van der Waals surface area contributed by atoms with Crippen LogP contribution in [0, 0.1) is 11.3 Å². The van der Waals surface area contributed by atoms with Crippen LogP contribution in [0.3, 0.4) is 0 Å². The van der Waals surface area contributed by atoms with E-state index in [1.165, 1.54) is 16.2 Å². The lowest BCUT2D eigenvalue weighted by Gasteiger charge is -2.39. The molecule has 5 N–H and O–H groups in total. The van der Waals surface area contributed by atoms with E-state index in [4.69, 9.17) is 30.7 Å². The number of thiophene rings is 1. The van der Waals surface area contributed by atoms with Crippen molar-refractivity contribution in [3.63, 3.8) is 0 Å². The second kappa shape index (κ2) is 11.0. The average molecular weight is 600 g/mol. The summed E-state index contributed by atoms with van der Waals surface area (Å²) >= 11 is 1.54. The van der Waals surface area contributed by atoms with Crippen LogP contribution in [0.25, 0.3) is 11.5 Å². The number of likely N-dealkylation sites (N-methyl/N-ethyl adjacent to an activating group) is 1. The van der Waals surface area contributed by atoms with Crippen molar-refractivity contribution < 1.29 is 9.26 Å². The summed E-state index contributed by atoms with van der Waals surface area (Å²) in [5.74, 6) is 2.17. The molecule has 0 radical (unpaired) electrons. The van der Waals surface area contributed by atoms with Crippen LogP contribution in [0.2, 0.25) is 0 Å². The second-order valence-electron chi connectivity index (χ2n) is 12.2. The van der Waals surface area contributed by atoms with Gasteiger partial charge in [-0.2, -0.15) is 10.2 Å². The number of aryl methyl sites for hydroxylation is 1. The van der Waals surface area contributed by atoms with Crippen molar-refractivity contribution in [1.82, 2.24) is 25.3 Å². The zero-order valence-electron chi connectivity index (χ0n) is 24.7. The van der Waals surface area contributed by atoms with Gasteiger partial charge in [-0.25, -0.2) is 9.98 Å². The summed E-state index contributed by atoms with van der Waals surface area (Å²) in [6.07, 6.45) is 9.39. The molecule has 2 aliphatic heterocycles. The van der Waals surface area contributed by atoms with Crippen LogP contribution in [-0.4, -0.2) is 65.1 Å². The maximum Gasteiger partial charge on any atom is 0.219 e. The Morgan fingerprint density at radius 1 is 1.26 bits per heavy atom. The van der Waals surface area contributed by atoms with Gasteiger partial charge in [0, 0.05) is 53.1 Å². The minimum absolute atomic E-state index is 0.0620.